The van der Waals surface area contributed by atoms with Gasteiger partial charge in [0.25, 0.3) is 5.91 Å². The maximum atomic E-state index is 13.9. The van der Waals surface area contributed by atoms with Crippen LogP contribution in [0.25, 0.3) is 0 Å². The van der Waals surface area contributed by atoms with Crippen LogP contribution in [0.1, 0.15) is 42.5 Å². The third-order valence-corrected chi connectivity index (χ3v) is 5.82. The zero-order valence-electron chi connectivity index (χ0n) is 11.2. The lowest BCUT2D eigenvalue weighted by atomic mass is 9.75. The summed E-state index contributed by atoms with van der Waals surface area (Å²) < 4.78 is 14.2. The van der Waals surface area contributed by atoms with Crippen LogP contribution in [0, 0.1) is 11.2 Å². The van der Waals surface area contributed by atoms with Crippen molar-refractivity contribution in [3.05, 3.63) is 34.1 Å². The molecule has 1 aliphatic carbocycles. The van der Waals surface area contributed by atoms with E-state index >= 15 is 0 Å². The van der Waals surface area contributed by atoms with Crippen molar-refractivity contribution in [2.75, 3.05) is 11.9 Å². The normalized spacial score (nSPS) is 17.8. The Morgan fingerprint density at radius 3 is 2.65 bits per heavy atom. The van der Waals surface area contributed by atoms with Crippen LogP contribution < -0.4 is 5.32 Å². The van der Waals surface area contributed by atoms with Gasteiger partial charge in [-0.05, 0) is 46.3 Å². The van der Waals surface area contributed by atoms with Crippen LogP contribution in [-0.4, -0.2) is 17.8 Å². The Labute approximate surface area is 135 Å². The van der Waals surface area contributed by atoms with E-state index in [9.17, 15) is 9.18 Å². The van der Waals surface area contributed by atoms with Gasteiger partial charge in [-0.3, -0.25) is 4.79 Å². The summed E-state index contributed by atoms with van der Waals surface area (Å²) in [6.07, 6.45) is 5.89. The largest absolute Gasteiger partial charge is 0.351 e. The second-order valence-electron chi connectivity index (χ2n) is 5.48. The van der Waals surface area contributed by atoms with Crippen LogP contribution >= 0.6 is 31.9 Å². The van der Waals surface area contributed by atoms with E-state index in [1.54, 1.807) is 12.1 Å². The molecule has 0 bridgehead atoms. The molecule has 1 N–H and O–H groups in total. The summed E-state index contributed by atoms with van der Waals surface area (Å²) in [5.41, 5.74) is 0.219. The highest BCUT2D eigenvalue weighted by molar-refractivity contribution is 9.10. The maximum Gasteiger partial charge on any atom is 0.254 e. The SMILES string of the molecule is O=C(NCC1(CBr)CCCCC1)c1cccc(Br)c1F. The molecule has 1 aromatic carbocycles. The number of amides is 1. The van der Waals surface area contributed by atoms with E-state index in [1.807, 2.05) is 0 Å². The average Bonchev–Trinajstić information content (AvgIpc) is 2.48. The van der Waals surface area contributed by atoms with E-state index in [-0.39, 0.29) is 16.9 Å². The van der Waals surface area contributed by atoms with Gasteiger partial charge in [0.05, 0.1) is 10.0 Å². The van der Waals surface area contributed by atoms with Crippen LogP contribution in [0.15, 0.2) is 22.7 Å². The molecular formula is C15H18Br2FNO. The zero-order valence-corrected chi connectivity index (χ0v) is 14.4. The smallest absolute Gasteiger partial charge is 0.254 e. The Hall–Kier alpha value is -0.420. The molecule has 0 saturated heterocycles. The molecule has 0 spiro atoms. The van der Waals surface area contributed by atoms with E-state index in [0.29, 0.717) is 11.0 Å². The number of carbonyl (C=O) groups is 1. The Morgan fingerprint density at radius 1 is 1.30 bits per heavy atom. The molecule has 1 amide bonds. The van der Waals surface area contributed by atoms with Gasteiger partial charge in [0.2, 0.25) is 0 Å². The highest BCUT2D eigenvalue weighted by Gasteiger charge is 2.31. The fourth-order valence-corrected chi connectivity index (χ4v) is 3.83. The van der Waals surface area contributed by atoms with Gasteiger partial charge in [-0.1, -0.05) is 41.3 Å². The van der Waals surface area contributed by atoms with Crippen molar-refractivity contribution in [2.24, 2.45) is 5.41 Å². The van der Waals surface area contributed by atoms with E-state index in [2.05, 4.69) is 37.2 Å². The molecule has 5 heteroatoms. The average molecular weight is 407 g/mol. The molecule has 0 radical (unpaired) electrons. The van der Waals surface area contributed by atoms with Crippen LogP contribution in [0.3, 0.4) is 0 Å². The molecule has 0 atom stereocenters. The van der Waals surface area contributed by atoms with E-state index in [4.69, 9.17) is 0 Å². The van der Waals surface area contributed by atoms with Crippen molar-refractivity contribution < 1.29 is 9.18 Å². The van der Waals surface area contributed by atoms with Crippen molar-refractivity contribution in [2.45, 2.75) is 32.1 Å². The van der Waals surface area contributed by atoms with Gasteiger partial charge in [0.15, 0.2) is 0 Å². The van der Waals surface area contributed by atoms with Gasteiger partial charge in [0, 0.05) is 11.9 Å². The summed E-state index contributed by atoms with van der Waals surface area (Å²) in [6, 6.07) is 4.77. The molecule has 1 aromatic rings. The first kappa shape index (κ1) is 16.0. The molecule has 2 rings (SSSR count). The molecule has 1 fully saturated rings. The maximum absolute atomic E-state index is 13.9. The minimum atomic E-state index is -0.499. The Morgan fingerprint density at radius 2 is 2.00 bits per heavy atom. The van der Waals surface area contributed by atoms with Gasteiger partial charge in [-0.15, -0.1) is 0 Å². The lowest BCUT2D eigenvalue weighted by Gasteiger charge is -2.35. The monoisotopic (exact) mass is 405 g/mol. The molecule has 0 unspecified atom stereocenters. The summed E-state index contributed by atoms with van der Waals surface area (Å²) in [5, 5.41) is 3.77. The van der Waals surface area contributed by atoms with Gasteiger partial charge in [0.1, 0.15) is 5.82 Å². The standard InChI is InChI=1S/C15H18Br2FNO/c16-9-15(7-2-1-3-8-15)10-19-14(20)11-5-4-6-12(17)13(11)18/h4-6H,1-3,7-10H2,(H,19,20). The molecule has 1 aliphatic rings. The Kier molecular flexibility index (Phi) is 5.61. The molecule has 0 aliphatic heterocycles. The fraction of sp³-hybridized carbons (Fsp3) is 0.533. The van der Waals surface area contributed by atoms with Crippen molar-refractivity contribution in [3.63, 3.8) is 0 Å². The van der Waals surface area contributed by atoms with Crippen LogP contribution in [0.5, 0.6) is 0 Å². The Bertz CT molecular complexity index is 487. The number of halogens is 3. The predicted octanol–water partition coefficient (Wildman–Crippen LogP) is 4.66. The Balaban J connectivity index is 2.02. The lowest BCUT2D eigenvalue weighted by molar-refractivity contribution is 0.0917. The lowest BCUT2D eigenvalue weighted by Crippen LogP contribution is -2.40. The van der Waals surface area contributed by atoms with E-state index < -0.39 is 5.82 Å². The summed E-state index contributed by atoms with van der Waals surface area (Å²) in [5.74, 6) is -0.837. The first-order valence-corrected chi connectivity index (χ1v) is 8.78. The highest BCUT2D eigenvalue weighted by Crippen LogP contribution is 2.37. The molecular weight excluding hydrogens is 389 g/mol. The summed E-state index contributed by atoms with van der Waals surface area (Å²) in [7, 11) is 0. The first-order valence-electron chi connectivity index (χ1n) is 6.86. The molecule has 0 heterocycles. The van der Waals surface area contributed by atoms with Gasteiger partial charge < -0.3 is 5.32 Å². The molecule has 110 valence electrons. The topological polar surface area (TPSA) is 29.1 Å². The van der Waals surface area contributed by atoms with Crippen molar-refractivity contribution >= 4 is 37.8 Å². The fourth-order valence-electron chi connectivity index (χ4n) is 2.70. The number of rotatable bonds is 4. The number of carbonyl (C=O) groups excluding carboxylic acids is 1. The van der Waals surface area contributed by atoms with Crippen molar-refractivity contribution in [3.8, 4) is 0 Å². The molecule has 2 nitrogen and oxygen atoms in total. The van der Waals surface area contributed by atoms with Gasteiger partial charge in [-0.25, -0.2) is 4.39 Å². The van der Waals surface area contributed by atoms with Crippen molar-refractivity contribution in [1.29, 1.82) is 0 Å². The summed E-state index contributed by atoms with van der Waals surface area (Å²) in [4.78, 5) is 12.1. The number of hydrogen-bond donors (Lipinski definition) is 1. The van der Waals surface area contributed by atoms with E-state index in [0.717, 1.165) is 18.2 Å². The highest BCUT2D eigenvalue weighted by atomic mass is 79.9. The quantitative estimate of drug-likeness (QED) is 0.723. The van der Waals surface area contributed by atoms with Crippen LogP contribution in [-0.2, 0) is 0 Å². The summed E-state index contributed by atoms with van der Waals surface area (Å²) in [6.45, 7) is 0.600. The molecule has 1 saturated carbocycles. The minimum absolute atomic E-state index is 0.0971. The molecule has 20 heavy (non-hydrogen) atoms. The van der Waals surface area contributed by atoms with Gasteiger partial charge in [-0.2, -0.15) is 0 Å². The number of alkyl halides is 1. The van der Waals surface area contributed by atoms with Crippen LogP contribution in [0.4, 0.5) is 4.39 Å². The zero-order chi connectivity index (χ0) is 14.6. The summed E-state index contributed by atoms with van der Waals surface area (Å²) >= 11 is 6.67. The third kappa shape index (κ3) is 3.61. The van der Waals surface area contributed by atoms with E-state index in [1.165, 1.54) is 25.3 Å². The predicted molar refractivity (Wildman–Crippen MR) is 85.7 cm³/mol. The number of benzene rings is 1. The van der Waals surface area contributed by atoms with Gasteiger partial charge >= 0.3 is 0 Å². The minimum Gasteiger partial charge on any atom is -0.351 e. The second kappa shape index (κ2) is 7.03. The number of hydrogen-bond acceptors (Lipinski definition) is 1. The first-order chi connectivity index (χ1) is 9.58. The van der Waals surface area contributed by atoms with Crippen LogP contribution in [0.2, 0.25) is 0 Å². The number of nitrogens with one attached hydrogen (secondary N) is 1. The molecule has 0 aromatic heterocycles. The van der Waals surface area contributed by atoms with Crippen molar-refractivity contribution in [1.82, 2.24) is 5.32 Å². The third-order valence-electron chi connectivity index (χ3n) is 4.02. The second-order valence-corrected chi connectivity index (χ2v) is 6.89.